The van der Waals surface area contributed by atoms with Crippen LogP contribution in [-0.4, -0.2) is 4.92 Å². The van der Waals surface area contributed by atoms with E-state index in [0.717, 1.165) is 12.1 Å². The molecule has 0 aliphatic rings. The number of nitrogens with zero attached hydrogens (tertiary/aromatic N) is 1. The number of hydrogen-bond acceptors (Lipinski definition) is 3. The second-order valence-electron chi connectivity index (χ2n) is 2.62. The van der Waals surface area contributed by atoms with E-state index in [1.165, 1.54) is 0 Å². The van der Waals surface area contributed by atoms with Crippen molar-refractivity contribution in [3.05, 3.63) is 32.3 Å². The fourth-order valence-corrected chi connectivity index (χ4v) is 1.74. The number of alkyl halides is 3. The monoisotopic (exact) mass is 284 g/mol. The molecule has 0 atom stereocenters. The van der Waals surface area contributed by atoms with Crippen molar-refractivity contribution in [2.75, 3.05) is 5.73 Å². The first-order valence-electron chi connectivity index (χ1n) is 3.54. The Kier molecular flexibility index (Phi) is 2.89. The molecule has 0 heterocycles. The van der Waals surface area contributed by atoms with Gasteiger partial charge in [-0.3, -0.25) is 10.1 Å². The molecule has 0 aliphatic carbocycles. The molecule has 1 aromatic carbocycles. The highest BCUT2D eigenvalue weighted by molar-refractivity contribution is 9.10. The summed E-state index contributed by atoms with van der Waals surface area (Å²) in [5.74, 6) is 0. The molecule has 4 nitrogen and oxygen atoms in total. The first-order chi connectivity index (χ1) is 6.75. The molecular formula is C7H4BrF3N2O2. The molecule has 0 saturated heterocycles. The third-order valence-electron chi connectivity index (χ3n) is 1.63. The van der Waals surface area contributed by atoms with Gasteiger partial charge in [-0.15, -0.1) is 0 Å². The minimum atomic E-state index is -4.73. The fourth-order valence-electron chi connectivity index (χ4n) is 1.01. The third-order valence-corrected chi connectivity index (χ3v) is 2.44. The number of nitro groups is 1. The Labute approximate surface area is 90.2 Å². The van der Waals surface area contributed by atoms with Crippen LogP contribution >= 0.6 is 15.9 Å². The summed E-state index contributed by atoms with van der Waals surface area (Å²) in [6.45, 7) is 0. The average molecular weight is 285 g/mol. The van der Waals surface area contributed by atoms with Crippen LogP contribution in [0.15, 0.2) is 16.6 Å². The number of nitrogen functional groups attached to an aromatic ring is 1. The minimum absolute atomic E-state index is 0.556. The Morgan fingerprint density at radius 1 is 1.40 bits per heavy atom. The van der Waals surface area contributed by atoms with Gasteiger partial charge < -0.3 is 5.73 Å². The summed E-state index contributed by atoms with van der Waals surface area (Å²) in [5, 5.41) is 10.4. The maximum Gasteiger partial charge on any atom is 0.419 e. The van der Waals surface area contributed by atoms with Gasteiger partial charge in [-0.1, -0.05) is 0 Å². The van der Waals surface area contributed by atoms with Gasteiger partial charge in [-0.25, -0.2) is 0 Å². The van der Waals surface area contributed by atoms with Crippen molar-refractivity contribution in [3.8, 4) is 0 Å². The number of nitrogens with two attached hydrogens (primary N) is 1. The van der Waals surface area contributed by atoms with Crippen LogP contribution in [0.1, 0.15) is 5.56 Å². The summed E-state index contributed by atoms with van der Waals surface area (Å²) in [6, 6.07) is 1.76. The maximum absolute atomic E-state index is 12.4. The van der Waals surface area contributed by atoms with Gasteiger partial charge in [0.2, 0.25) is 0 Å². The number of hydrogen-bond donors (Lipinski definition) is 1. The molecule has 0 fully saturated rings. The molecule has 0 bridgehead atoms. The van der Waals surface area contributed by atoms with Crippen LogP contribution in [0, 0.1) is 10.1 Å². The molecule has 0 saturated carbocycles. The van der Waals surface area contributed by atoms with E-state index >= 15 is 0 Å². The van der Waals surface area contributed by atoms with Gasteiger partial charge in [0.25, 0.3) is 5.69 Å². The van der Waals surface area contributed by atoms with Crippen LogP contribution in [0.2, 0.25) is 0 Å². The second-order valence-corrected chi connectivity index (χ2v) is 3.41. The summed E-state index contributed by atoms with van der Waals surface area (Å²) >= 11 is 2.53. The lowest BCUT2D eigenvalue weighted by Crippen LogP contribution is -2.11. The van der Waals surface area contributed by atoms with E-state index in [-0.39, 0.29) is 0 Å². The van der Waals surface area contributed by atoms with Gasteiger partial charge >= 0.3 is 6.18 Å². The SMILES string of the molecule is Nc1ccc([N+](=O)[O-])c(Br)c1C(F)(F)F. The summed E-state index contributed by atoms with van der Waals surface area (Å²) < 4.78 is 36.6. The smallest absolute Gasteiger partial charge is 0.398 e. The molecule has 8 heteroatoms. The van der Waals surface area contributed by atoms with Crippen LogP contribution in [0.25, 0.3) is 0 Å². The van der Waals surface area contributed by atoms with Gasteiger partial charge in [-0.2, -0.15) is 13.2 Å². The molecule has 15 heavy (non-hydrogen) atoms. The van der Waals surface area contributed by atoms with Crippen LogP contribution in [0.4, 0.5) is 24.5 Å². The van der Waals surface area contributed by atoms with Crippen molar-refractivity contribution in [2.45, 2.75) is 6.18 Å². The molecular weight excluding hydrogens is 281 g/mol. The highest BCUT2D eigenvalue weighted by atomic mass is 79.9. The van der Waals surface area contributed by atoms with E-state index in [9.17, 15) is 23.3 Å². The fraction of sp³-hybridized carbons (Fsp3) is 0.143. The molecule has 0 amide bonds. The lowest BCUT2D eigenvalue weighted by Gasteiger charge is -2.11. The zero-order valence-electron chi connectivity index (χ0n) is 7.01. The van der Waals surface area contributed by atoms with Crippen molar-refractivity contribution in [1.82, 2.24) is 0 Å². The minimum Gasteiger partial charge on any atom is -0.398 e. The number of rotatable bonds is 1. The molecule has 1 rings (SSSR count). The van der Waals surface area contributed by atoms with Crippen LogP contribution in [-0.2, 0) is 6.18 Å². The van der Waals surface area contributed by atoms with Crippen LogP contribution < -0.4 is 5.73 Å². The second kappa shape index (κ2) is 3.69. The largest absolute Gasteiger partial charge is 0.419 e. The third kappa shape index (κ3) is 2.20. The first-order valence-corrected chi connectivity index (χ1v) is 4.34. The number of halogens is 4. The quantitative estimate of drug-likeness (QED) is 0.490. The van der Waals surface area contributed by atoms with Crippen molar-refractivity contribution in [3.63, 3.8) is 0 Å². The summed E-state index contributed by atoms with van der Waals surface area (Å²) in [7, 11) is 0. The highest BCUT2D eigenvalue weighted by Crippen LogP contribution is 2.42. The van der Waals surface area contributed by atoms with Crippen molar-refractivity contribution >= 4 is 27.3 Å². The van der Waals surface area contributed by atoms with E-state index in [4.69, 9.17) is 5.73 Å². The van der Waals surface area contributed by atoms with Crippen LogP contribution in [0.3, 0.4) is 0 Å². The van der Waals surface area contributed by atoms with Gasteiger partial charge in [0.1, 0.15) is 4.47 Å². The summed E-state index contributed by atoms with van der Waals surface area (Å²) in [6.07, 6.45) is -4.73. The molecule has 2 N–H and O–H groups in total. The highest BCUT2D eigenvalue weighted by Gasteiger charge is 2.38. The van der Waals surface area contributed by atoms with Gasteiger partial charge in [0.15, 0.2) is 0 Å². The molecule has 0 radical (unpaired) electrons. The molecule has 1 aromatic rings. The van der Waals surface area contributed by atoms with Crippen molar-refractivity contribution < 1.29 is 18.1 Å². The standard InChI is InChI=1S/C7H4BrF3N2O2/c8-6-4(13(14)15)2-1-3(12)5(6)7(9,10)11/h1-2H,12H2. The normalized spacial score (nSPS) is 11.5. The van der Waals surface area contributed by atoms with Crippen molar-refractivity contribution in [1.29, 1.82) is 0 Å². The van der Waals surface area contributed by atoms with E-state index in [1.807, 2.05) is 0 Å². The number of nitro benzene ring substituents is 1. The lowest BCUT2D eigenvalue weighted by molar-refractivity contribution is -0.385. The zero-order valence-corrected chi connectivity index (χ0v) is 8.59. The molecule has 0 unspecified atom stereocenters. The zero-order chi connectivity index (χ0) is 11.8. The predicted octanol–water partition coefficient (Wildman–Crippen LogP) is 2.96. The Bertz CT molecular complexity index is 419. The van der Waals surface area contributed by atoms with Gasteiger partial charge in [-0.05, 0) is 22.0 Å². The Morgan fingerprint density at radius 2 is 1.93 bits per heavy atom. The first kappa shape index (κ1) is 11.8. The Hall–Kier alpha value is -1.31. The Morgan fingerprint density at radius 3 is 2.33 bits per heavy atom. The topological polar surface area (TPSA) is 69.2 Å². The molecule has 0 aliphatic heterocycles. The molecule has 0 spiro atoms. The average Bonchev–Trinajstić information content (AvgIpc) is 2.00. The van der Waals surface area contributed by atoms with E-state index < -0.39 is 32.5 Å². The maximum atomic E-state index is 12.4. The van der Waals surface area contributed by atoms with Gasteiger partial charge in [0.05, 0.1) is 10.5 Å². The van der Waals surface area contributed by atoms with E-state index in [0.29, 0.717) is 0 Å². The number of anilines is 1. The Balaban J connectivity index is 3.51. The van der Waals surface area contributed by atoms with E-state index in [1.54, 1.807) is 0 Å². The predicted molar refractivity (Wildman–Crippen MR) is 50.2 cm³/mol. The summed E-state index contributed by atoms with van der Waals surface area (Å²) in [5.41, 5.74) is 2.65. The van der Waals surface area contributed by atoms with Crippen molar-refractivity contribution in [2.24, 2.45) is 0 Å². The van der Waals surface area contributed by atoms with Crippen LogP contribution in [0.5, 0.6) is 0 Å². The number of benzene rings is 1. The summed E-state index contributed by atoms with van der Waals surface area (Å²) in [4.78, 5) is 9.46. The molecule has 82 valence electrons. The lowest BCUT2D eigenvalue weighted by atomic mass is 10.1. The molecule has 0 aromatic heterocycles. The van der Waals surface area contributed by atoms with Gasteiger partial charge in [0, 0.05) is 11.8 Å². The van der Waals surface area contributed by atoms with E-state index in [2.05, 4.69) is 15.9 Å².